The van der Waals surface area contributed by atoms with Gasteiger partial charge in [0.2, 0.25) is 11.8 Å². The summed E-state index contributed by atoms with van der Waals surface area (Å²) in [7, 11) is 3.15. The van der Waals surface area contributed by atoms with E-state index < -0.39 is 0 Å². The van der Waals surface area contributed by atoms with E-state index in [4.69, 9.17) is 14.2 Å². The smallest absolute Gasteiger partial charge is 0.226 e. The van der Waals surface area contributed by atoms with Crippen molar-refractivity contribution in [2.45, 2.75) is 13.2 Å². The summed E-state index contributed by atoms with van der Waals surface area (Å²) in [6.07, 6.45) is 1.31. The second-order valence-corrected chi connectivity index (χ2v) is 2.93. The van der Waals surface area contributed by atoms with E-state index in [0.717, 1.165) is 0 Å². The lowest BCUT2D eigenvalue weighted by Crippen LogP contribution is -2.24. The Morgan fingerprint density at radius 1 is 1.38 bits per heavy atom. The van der Waals surface area contributed by atoms with Crippen LogP contribution < -0.4 is 10.1 Å². The summed E-state index contributed by atoms with van der Waals surface area (Å²) in [6.45, 7) is 2.96. The zero-order valence-electron chi connectivity index (χ0n) is 9.77. The highest BCUT2D eigenvalue weighted by Crippen LogP contribution is 2.08. The Morgan fingerprint density at radius 2 is 2.12 bits per heavy atom. The minimum Gasteiger partial charge on any atom is -0.478 e. The maximum Gasteiger partial charge on any atom is 0.226 e. The summed E-state index contributed by atoms with van der Waals surface area (Å²) in [5, 5.41) is 2.99. The van der Waals surface area contributed by atoms with E-state index in [-0.39, 0.29) is 6.29 Å². The molecule has 0 atom stereocenters. The van der Waals surface area contributed by atoms with Gasteiger partial charge in [-0.3, -0.25) is 0 Å². The molecule has 0 amide bonds. The van der Waals surface area contributed by atoms with Crippen LogP contribution >= 0.6 is 0 Å². The van der Waals surface area contributed by atoms with E-state index in [0.29, 0.717) is 25.0 Å². The summed E-state index contributed by atoms with van der Waals surface area (Å²) < 4.78 is 15.3. The lowest BCUT2D eigenvalue weighted by molar-refractivity contribution is -0.0914. The minimum atomic E-state index is -0.320. The molecule has 0 aliphatic heterocycles. The number of nitrogens with zero attached hydrogens (tertiary/aromatic N) is 2. The zero-order valence-corrected chi connectivity index (χ0v) is 9.77. The molecule has 0 aliphatic carbocycles. The van der Waals surface area contributed by atoms with Gasteiger partial charge in [0.25, 0.3) is 0 Å². The first-order valence-corrected chi connectivity index (χ1v) is 5.05. The molecule has 1 N–H and O–H groups in total. The number of rotatable bonds is 7. The quantitative estimate of drug-likeness (QED) is 0.698. The van der Waals surface area contributed by atoms with Gasteiger partial charge >= 0.3 is 0 Å². The van der Waals surface area contributed by atoms with Crippen molar-refractivity contribution in [2.75, 3.05) is 32.7 Å². The molecule has 0 fully saturated rings. The Kier molecular flexibility index (Phi) is 5.52. The molecule has 1 aromatic rings. The lowest BCUT2D eigenvalue weighted by Gasteiger charge is -2.14. The standard InChI is InChI=1S/C10H17N3O3/c1-4-16-8-5-6-11-10(13-8)12-7-9(14-2)15-3/h5-6,9H,4,7H2,1-3H3,(H,11,12,13). The Labute approximate surface area is 95.0 Å². The second kappa shape index (κ2) is 6.97. The van der Waals surface area contributed by atoms with Crippen molar-refractivity contribution in [2.24, 2.45) is 0 Å². The predicted molar refractivity (Wildman–Crippen MR) is 59.5 cm³/mol. The van der Waals surface area contributed by atoms with Crippen LogP contribution in [0.15, 0.2) is 12.3 Å². The molecule has 0 aromatic carbocycles. The van der Waals surface area contributed by atoms with Crippen LogP contribution in [0.2, 0.25) is 0 Å². The molecule has 1 rings (SSSR count). The maximum absolute atomic E-state index is 5.25. The van der Waals surface area contributed by atoms with Crippen molar-refractivity contribution in [1.29, 1.82) is 0 Å². The first-order valence-electron chi connectivity index (χ1n) is 5.05. The van der Waals surface area contributed by atoms with Gasteiger partial charge in [-0.15, -0.1) is 0 Å². The van der Waals surface area contributed by atoms with Gasteiger partial charge in [-0.25, -0.2) is 4.98 Å². The predicted octanol–water partition coefficient (Wildman–Crippen LogP) is 0.906. The van der Waals surface area contributed by atoms with Crippen LogP contribution in [0.3, 0.4) is 0 Å². The van der Waals surface area contributed by atoms with Gasteiger partial charge in [0.15, 0.2) is 6.29 Å². The van der Waals surface area contributed by atoms with Crippen LogP contribution in [0.25, 0.3) is 0 Å². The van der Waals surface area contributed by atoms with Crippen molar-refractivity contribution in [1.82, 2.24) is 9.97 Å². The fraction of sp³-hybridized carbons (Fsp3) is 0.600. The molecule has 6 heteroatoms. The number of hydrogen-bond donors (Lipinski definition) is 1. The SMILES string of the molecule is CCOc1ccnc(NCC(OC)OC)n1. The van der Waals surface area contributed by atoms with Crippen molar-refractivity contribution < 1.29 is 14.2 Å². The number of hydrogen-bond acceptors (Lipinski definition) is 6. The van der Waals surface area contributed by atoms with Crippen molar-refractivity contribution >= 4 is 5.95 Å². The number of aromatic nitrogens is 2. The van der Waals surface area contributed by atoms with Crippen LogP contribution in [0, 0.1) is 0 Å². The third kappa shape index (κ3) is 4.00. The Hall–Kier alpha value is -1.40. The molecule has 0 bridgehead atoms. The van der Waals surface area contributed by atoms with Gasteiger partial charge in [-0.05, 0) is 6.92 Å². The summed E-state index contributed by atoms with van der Waals surface area (Å²) in [6, 6.07) is 1.71. The lowest BCUT2D eigenvalue weighted by atomic mass is 10.6. The zero-order chi connectivity index (χ0) is 11.8. The molecular weight excluding hydrogens is 210 g/mol. The first-order chi connectivity index (χ1) is 7.80. The third-order valence-corrected chi connectivity index (χ3v) is 1.87. The normalized spacial score (nSPS) is 10.5. The molecule has 1 aromatic heterocycles. The van der Waals surface area contributed by atoms with Crippen LogP contribution in [0.5, 0.6) is 5.88 Å². The number of methoxy groups -OCH3 is 2. The first kappa shape index (κ1) is 12.7. The minimum absolute atomic E-state index is 0.320. The van der Waals surface area contributed by atoms with Gasteiger partial charge in [0.1, 0.15) is 0 Å². The molecule has 0 unspecified atom stereocenters. The van der Waals surface area contributed by atoms with Crippen LogP contribution in [-0.4, -0.2) is 43.6 Å². The third-order valence-electron chi connectivity index (χ3n) is 1.87. The van der Waals surface area contributed by atoms with E-state index >= 15 is 0 Å². The molecule has 0 aliphatic rings. The van der Waals surface area contributed by atoms with E-state index in [1.165, 1.54) is 0 Å². The summed E-state index contributed by atoms with van der Waals surface area (Å²) in [4.78, 5) is 8.20. The molecule has 1 heterocycles. The molecule has 16 heavy (non-hydrogen) atoms. The topological polar surface area (TPSA) is 65.5 Å². The van der Waals surface area contributed by atoms with Gasteiger partial charge in [-0.2, -0.15) is 4.98 Å². The molecule has 0 spiro atoms. The molecule has 6 nitrogen and oxygen atoms in total. The highest BCUT2D eigenvalue weighted by atomic mass is 16.7. The Morgan fingerprint density at radius 3 is 2.75 bits per heavy atom. The van der Waals surface area contributed by atoms with E-state index in [1.807, 2.05) is 6.92 Å². The summed E-state index contributed by atoms with van der Waals surface area (Å²) in [5.41, 5.74) is 0. The molecular formula is C10H17N3O3. The van der Waals surface area contributed by atoms with E-state index in [1.54, 1.807) is 26.5 Å². The molecule has 0 radical (unpaired) electrons. The summed E-state index contributed by atoms with van der Waals surface area (Å²) in [5.74, 6) is 1.04. The fourth-order valence-electron chi connectivity index (χ4n) is 1.09. The number of nitrogens with one attached hydrogen (secondary N) is 1. The average Bonchev–Trinajstić information content (AvgIpc) is 2.31. The van der Waals surface area contributed by atoms with Gasteiger partial charge in [0, 0.05) is 26.5 Å². The van der Waals surface area contributed by atoms with Gasteiger partial charge < -0.3 is 19.5 Å². The van der Waals surface area contributed by atoms with E-state index in [9.17, 15) is 0 Å². The van der Waals surface area contributed by atoms with Gasteiger partial charge in [-0.1, -0.05) is 0 Å². The molecule has 0 saturated carbocycles. The van der Waals surface area contributed by atoms with Crippen LogP contribution in [0.1, 0.15) is 6.92 Å². The van der Waals surface area contributed by atoms with Crippen molar-refractivity contribution in [3.8, 4) is 5.88 Å². The van der Waals surface area contributed by atoms with E-state index in [2.05, 4.69) is 15.3 Å². The number of ether oxygens (including phenoxy) is 3. The summed E-state index contributed by atoms with van der Waals surface area (Å²) >= 11 is 0. The number of anilines is 1. The Balaban J connectivity index is 2.49. The largest absolute Gasteiger partial charge is 0.478 e. The highest BCUT2D eigenvalue weighted by molar-refractivity contribution is 5.27. The van der Waals surface area contributed by atoms with Crippen LogP contribution in [-0.2, 0) is 9.47 Å². The highest BCUT2D eigenvalue weighted by Gasteiger charge is 2.05. The average molecular weight is 227 g/mol. The molecule has 90 valence electrons. The monoisotopic (exact) mass is 227 g/mol. The van der Waals surface area contributed by atoms with Crippen molar-refractivity contribution in [3.05, 3.63) is 12.3 Å². The van der Waals surface area contributed by atoms with Crippen LogP contribution in [0.4, 0.5) is 5.95 Å². The van der Waals surface area contributed by atoms with Crippen molar-refractivity contribution in [3.63, 3.8) is 0 Å². The second-order valence-electron chi connectivity index (χ2n) is 2.93. The maximum atomic E-state index is 5.25. The molecule has 0 saturated heterocycles. The Bertz CT molecular complexity index is 305. The van der Waals surface area contributed by atoms with Gasteiger partial charge in [0.05, 0.1) is 13.2 Å². The fourth-order valence-corrected chi connectivity index (χ4v) is 1.09.